The molecule has 2 aromatic heterocycles. The molecule has 3 nitrogen and oxygen atoms in total. The Hall–Kier alpha value is -1.42. The second kappa shape index (κ2) is 4.61. The lowest BCUT2D eigenvalue weighted by Crippen LogP contribution is -2.05. The van der Waals surface area contributed by atoms with E-state index in [2.05, 4.69) is 47.7 Å². The van der Waals surface area contributed by atoms with Crippen LogP contribution in [0.2, 0.25) is 0 Å². The molecule has 2 heterocycles. The molecule has 0 fully saturated rings. The SMILES string of the molecule is CCNc1nnc(-c2cccs2)c(C)c1C. The number of rotatable bonds is 3. The standard InChI is InChI=1S/C12H15N3S/c1-4-13-12-9(3)8(2)11(14-15-12)10-6-5-7-16-10/h5-7H,4H2,1-3H3,(H,13,15). The fourth-order valence-corrected chi connectivity index (χ4v) is 2.35. The minimum absolute atomic E-state index is 0.868. The van der Waals surface area contributed by atoms with Crippen molar-refractivity contribution in [3.63, 3.8) is 0 Å². The molecule has 84 valence electrons. The molecule has 0 radical (unpaired) electrons. The van der Waals surface area contributed by atoms with Crippen molar-refractivity contribution < 1.29 is 0 Å². The highest BCUT2D eigenvalue weighted by atomic mass is 32.1. The van der Waals surface area contributed by atoms with Gasteiger partial charge < -0.3 is 5.32 Å². The number of anilines is 1. The van der Waals surface area contributed by atoms with Crippen molar-refractivity contribution in [2.24, 2.45) is 0 Å². The zero-order valence-electron chi connectivity index (χ0n) is 9.74. The molecule has 0 atom stereocenters. The number of hydrogen-bond acceptors (Lipinski definition) is 4. The maximum absolute atomic E-state index is 4.30. The molecule has 0 aliphatic rings. The molecule has 0 aromatic carbocycles. The average Bonchev–Trinajstić information content (AvgIpc) is 2.79. The lowest BCUT2D eigenvalue weighted by Gasteiger charge is -2.10. The Morgan fingerprint density at radius 2 is 2.06 bits per heavy atom. The second-order valence-electron chi connectivity index (χ2n) is 3.65. The van der Waals surface area contributed by atoms with Gasteiger partial charge in [0.25, 0.3) is 0 Å². The van der Waals surface area contributed by atoms with Gasteiger partial charge in [0.1, 0.15) is 5.69 Å². The predicted molar refractivity (Wildman–Crippen MR) is 69.0 cm³/mol. The van der Waals surface area contributed by atoms with E-state index in [9.17, 15) is 0 Å². The van der Waals surface area contributed by atoms with Crippen LogP contribution in [0.3, 0.4) is 0 Å². The summed E-state index contributed by atoms with van der Waals surface area (Å²) in [4.78, 5) is 1.18. The topological polar surface area (TPSA) is 37.8 Å². The van der Waals surface area contributed by atoms with Crippen molar-refractivity contribution in [3.05, 3.63) is 28.6 Å². The molecule has 4 heteroatoms. The first-order valence-corrected chi connectivity index (χ1v) is 6.23. The zero-order chi connectivity index (χ0) is 11.5. The van der Waals surface area contributed by atoms with E-state index >= 15 is 0 Å². The Bertz CT molecular complexity index is 477. The van der Waals surface area contributed by atoms with E-state index in [-0.39, 0.29) is 0 Å². The monoisotopic (exact) mass is 233 g/mol. The van der Waals surface area contributed by atoms with Gasteiger partial charge in [0, 0.05) is 6.54 Å². The van der Waals surface area contributed by atoms with Crippen molar-refractivity contribution in [2.45, 2.75) is 20.8 Å². The van der Waals surface area contributed by atoms with Crippen LogP contribution in [0.5, 0.6) is 0 Å². The van der Waals surface area contributed by atoms with E-state index in [1.54, 1.807) is 11.3 Å². The summed E-state index contributed by atoms with van der Waals surface area (Å²) < 4.78 is 0. The largest absolute Gasteiger partial charge is 0.369 e. The maximum Gasteiger partial charge on any atom is 0.151 e. The Kier molecular flexibility index (Phi) is 3.19. The van der Waals surface area contributed by atoms with Gasteiger partial charge in [-0.2, -0.15) is 0 Å². The molecule has 1 N–H and O–H groups in total. The molecular formula is C12H15N3S. The summed E-state index contributed by atoms with van der Waals surface area (Å²) in [6.07, 6.45) is 0. The molecular weight excluding hydrogens is 218 g/mol. The van der Waals surface area contributed by atoms with Crippen LogP contribution in [-0.4, -0.2) is 16.7 Å². The van der Waals surface area contributed by atoms with Gasteiger partial charge >= 0.3 is 0 Å². The molecule has 0 saturated carbocycles. The fourth-order valence-electron chi connectivity index (χ4n) is 1.59. The van der Waals surface area contributed by atoms with Crippen LogP contribution in [0.4, 0.5) is 5.82 Å². The zero-order valence-corrected chi connectivity index (χ0v) is 10.6. The summed E-state index contributed by atoms with van der Waals surface area (Å²) in [5.74, 6) is 0.889. The number of nitrogens with zero attached hydrogens (tertiary/aromatic N) is 2. The Morgan fingerprint density at radius 1 is 1.25 bits per heavy atom. The van der Waals surface area contributed by atoms with Gasteiger partial charge in [0.2, 0.25) is 0 Å². The van der Waals surface area contributed by atoms with Gasteiger partial charge in [-0.3, -0.25) is 0 Å². The van der Waals surface area contributed by atoms with Crippen LogP contribution < -0.4 is 5.32 Å². The van der Waals surface area contributed by atoms with Crippen LogP contribution in [0.25, 0.3) is 10.6 Å². The lowest BCUT2D eigenvalue weighted by molar-refractivity contribution is 0.989. The molecule has 0 aliphatic heterocycles. The number of nitrogens with one attached hydrogen (secondary N) is 1. The smallest absolute Gasteiger partial charge is 0.151 e. The molecule has 0 bridgehead atoms. The summed E-state index contributed by atoms with van der Waals surface area (Å²) in [5, 5.41) is 13.8. The van der Waals surface area contributed by atoms with Crippen molar-refractivity contribution in [3.8, 4) is 10.6 Å². The summed E-state index contributed by atoms with van der Waals surface area (Å²) in [5.41, 5.74) is 3.38. The third-order valence-corrected chi connectivity index (χ3v) is 3.50. The summed E-state index contributed by atoms with van der Waals surface area (Å²) in [7, 11) is 0. The quantitative estimate of drug-likeness (QED) is 0.884. The second-order valence-corrected chi connectivity index (χ2v) is 4.60. The third kappa shape index (κ3) is 1.93. The highest BCUT2D eigenvalue weighted by molar-refractivity contribution is 7.13. The first-order chi connectivity index (χ1) is 7.74. The summed E-state index contributed by atoms with van der Waals surface area (Å²) in [6, 6.07) is 4.11. The van der Waals surface area contributed by atoms with E-state index in [0.29, 0.717) is 0 Å². The summed E-state index contributed by atoms with van der Waals surface area (Å²) in [6.45, 7) is 7.11. The minimum Gasteiger partial charge on any atom is -0.369 e. The lowest BCUT2D eigenvalue weighted by atomic mass is 10.1. The average molecular weight is 233 g/mol. The highest BCUT2D eigenvalue weighted by Gasteiger charge is 2.11. The highest BCUT2D eigenvalue weighted by Crippen LogP contribution is 2.28. The van der Waals surface area contributed by atoms with Crippen molar-refractivity contribution in [1.29, 1.82) is 0 Å². The Labute approximate surface area is 99.5 Å². The maximum atomic E-state index is 4.30. The van der Waals surface area contributed by atoms with Crippen LogP contribution in [0.1, 0.15) is 18.1 Å². The first kappa shape index (κ1) is 11.1. The van der Waals surface area contributed by atoms with Gasteiger partial charge in [0.15, 0.2) is 5.82 Å². The van der Waals surface area contributed by atoms with Gasteiger partial charge in [-0.1, -0.05) is 6.07 Å². The molecule has 16 heavy (non-hydrogen) atoms. The Morgan fingerprint density at radius 3 is 2.69 bits per heavy atom. The van der Waals surface area contributed by atoms with Gasteiger partial charge in [-0.25, -0.2) is 0 Å². The normalized spacial score (nSPS) is 10.4. The van der Waals surface area contributed by atoms with Crippen molar-refractivity contribution in [1.82, 2.24) is 10.2 Å². The molecule has 0 unspecified atom stereocenters. The van der Waals surface area contributed by atoms with Crippen molar-refractivity contribution in [2.75, 3.05) is 11.9 Å². The number of hydrogen-bond donors (Lipinski definition) is 1. The van der Waals surface area contributed by atoms with E-state index < -0.39 is 0 Å². The molecule has 2 rings (SSSR count). The molecule has 0 amide bonds. The third-order valence-electron chi connectivity index (χ3n) is 2.62. The van der Waals surface area contributed by atoms with Crippen LogP contribution in [0.15, 0.2) is 17.5 Å². The number of aromatic nitrogens is 2. The molecule has 0 aliphatic carbocycles. The van der Waals surface area contributed by atoms with Gasteiger partial charge in [-0.05, 0) is 43.3 Å². The molecule has 0 spiro atoms. The molecule has 2 aromatic rings. The van der Waals surface area contributed by atoms with Gasteiger partial charge in [-0.15, -0.1) is 21.5 Å². The first-order valence-electron chi connectivity index (χ1n) is 5.35. The van der Waals surface area contributed by atoms with Gasteiger partial charge in [0.05, 0.1) is 4.88 Å². The predicted octanol–water partition coefficient (Wildman–Crippen LogP) is 3.25. The van der Waals surface area contributed by atoms with E-state index in [1.807, 2.05) is 6.07 Å². The van der Waals surface area contributed by atoms with E-state index in [4.69, 9.17) is 0 Å². The van der Waals surface area contributed by atoms with E-state index in [0.717, 1.165) is 18.1 Å². The minimum atomic E-state index is 0.868. The van der Waals surface area contributed by atoms with Crippen LogP contribution in [-0.2, 0) is 0 Å². The number of thiophene rings is 1. The fraction of sp³-hybridized carbons (Fsp3) is 0.333. The summed E-state index contributed by atoms with van der Waals surface area (Å²) >= 11 is 1.70. The molecule has 0 saturated heterocycles. The Balaban J connectivity index is 2.47. The van der Waals surface area contributed by atoms with E-state index in [1.165, 1.54) is 16.0 Å². The van der Waals surface area contributed by atoms with Crippen molar-refractivity contribution >= 4 is 17.2 Å². The van der Waals surface area contributed by atoms with Crippen LogP contribution in [0, 0.1) is 13.8 Å². The van der Waals surface area contributed by atoms with Crippen LogP contribution >= 0.6 is 11.3 Å².